The second kappa shape index (κ2) is 8.21. The summed E-state index contributed by atoms with van der Waals surface area (Å²) in [5.41, 5.74) is 2.92. The van der Waals surface area contributed by atoms with Crippen LogP contribution in [-0.2, 0) is 7.05 Å². The molecule has 3 aromatic heterocycles. The molecule has 10 nitrogen and oxygen atoms in total. The first-order chi connectivity index (χ1) is 16.2. The van der Waals surface area contributed by atoms with Crippen molar-refractivity contribution in [3.8, 4) is 17.1 Å². The molecule has 2 atom stereocenters. The highest BCUT2D eigenvalue weighted by Gasteiger charge is 2.24. The molecule has 34 heavy (non-hydrogen) atoms. The van der Waals surface area contributed by atoms with Crippen LogP contribution in [0, 0.1) is 6.92 Å². The van der Waals surface area contributed by atoms with Crippen LogP contribution in [0.15, 0.2) is 24.4 Å². The highest BCUT2D eigenvalue weighted by atomic mass is 16.3. The molecule has 3 N–H and O–H groups in total. The van der Waals surface area contributed by atoms with Gasteiger partial charge in [-0.2, -0.15) is 5.10 Å². The van der Waals surface area contributed by atoms with Gasteiger partial charge in [-0.3, -0.25) is 9.48 Å². The van der Waals surface area contributed by atoms with Gasteiger partial charge in [0.2, 0.25) is 0 Å². The van der Waals surface area contributed by atoms with Crippen molar-refractivity contribution in [2.75, 3.05) is 25.0 Å². The monoisotopic (exact) mass is 460 g/mol. The maximum absolute atomic E-state index is 12.8. The Labute approximate surface area is 197 Å². The van der Waals surface area contributed by atoms with Gasteiger partial charge in [0, 0.05) is 56.4 Å². The molecule has 0 unspecified atom stereocenters. The molecule has 1 aliphatic heterocycles. The van der Waals surface area contributed by atoms with Crippen LogP contribution in [0.25, 0.3) is 33.3 Å². The van der Waals surface area contributed by atoms with Crippen LogP contribution in [0.4, 0.5) is 5.82 Å². The number of fused-ring (bicyclic) bond motifs is 2. The van der Waals surface area contributed by atoms with Gasteiger partial charge in [-0.15, -0.1) is 0 Å². The Morgan fingerprint density at radius 2 is 1.88 bits per heavy atom. The van der Waals surface area contributed by atoms with Crippen molar-refractivity contribution < 1.29 is 9.90 Å². The summed E-state index contributed by atoms with van der Waals surface area (Å²) in [6, 6.07) is 6.23. The van der Waals surface area contributed by atoms with E-state index in [1.165, 1.54) is 0 Å². The molecule has 4 aromatic rings. The largest absolute Gasteiger partial charge is 0.507 e. The number of pyridine rings is 1. The predicted octanol–water partition coefficient (Wildman–Crippen LogP) is 2.14. The van der Waals surface area contributed by atoms with Gasteiger partial charge >= 0.3 is 0 Å². The number of phenolic OH excluding ortho intramolecular Hbond substituents is 1. The predicted molar refractivity (Wildman–Crippen MR) is 131 cm³/mol. The lowest BCUT2D eigenvalue weighted by Gasteiger charge is -2.37. The first-order valence-corrected chi connectivity index (χ1v) is 11.3. The number of carbonyl (C=O) groups is 1. The molecular weight excluding hydrogens is 432 g/mol. The van der Waals surface area contributed by atoms with Crippen molar-refractivity contribution >= 4 is 33.7 Å². The fraction of sp³-hybridized carbons (Fsp3) is 0.375. The molecule has 4 heterocycles. The second-order valence-corrected chi connectivity index (χ2v) is 9.02. The van der Waals surface area contributed by atoms with Gasteiger partial charge in [0.05, 0.1) is 16.6 Å². The topological polar surface area (TPSA) is 121 Å². The second-order valence-electron chi connectivity index (χ2n) is 9.02. The molecule has 0 saturated carbocycles. The average Bonchev–Trinajstić information content (AvgIpc) is 3.19. The minimum absolute atomic E-state index is 0.0433. The summed E-state index contributed by atoms with van der Waals surface area (Å²) >= 11 is 0. The molecule has 176 valence electrons. The zero-order chi connectivity index (χ0) is 24.1. The van der Waals surface area contributed by atoms with Crippen LogP contribution in [0.3, 0.4) is 0 Å². The highest BCUT2D eigenvalue weighted by Crippen LogP contribution is 2.36. The summed E-state index contributed by atoms with van der Waals surface area (Å²) in [6.45, 7) is 7.72. The lowest BCUT2D eigenvalue weighted by molar-refractivity contribution is 0.0959. The molecule has 1 saturated heterocycles. The van der Waals surface area contributed by atoms with Crippen molar-refractivity contribution in [3.05, 3.63) is 35.7 Å². The Balaban J connectivity index is 1.68. The molecule has 1 aliphatic rings. The molecule has 1 aromatic carbocycles. The van der Waals surface area contributed by atoms with Gasteiger partial charge in [-0.1, -0.05) is 0 Å². The molecule has 0 aliphatic carbocycles. The van der Waals surface area contributed by atoms with E-state index in [1.54, 1.807) is 24.7 Å². The quantitative estimate of drug-likeness (QED) is 0.425. The standard InChI is InChI=1S/C24H28N8O2/c1-12-9-32(10-13(2)26-12)18-7-6-17-20(28-18)21(24(34)25-4)29-23(27-17)16-8-15-11-31(5)30-19(15)14(3)22(16)33/h6-8,11-13,26,33H,9-10H2,1-5H3,(H,25,34)/t12-,13-/m0/s1. The Hall–Kier alpha value is -3.79. The first-order valence-electron chi connectivity index (χ1n) is 11.3. The van der Waals surface area contributed by atoms with Crippen molar-refractivity contribution in [3.63, 3.8) is 0 Å². The molecule has 5 rings (SSSR count). The van der Waals surface area contributed by atoms with Gasteiger partial charge < -0.3 is 20.6 Å². The summed E-state index contributed by atoms with van der Waals surface area (Å²) in [7, 11) is 3.39. The van der Waals surface area contributed by atoms with E-state index in [2.05, 4.69) is 44.4 Å². The number of nitrogens with zero attached hydrogens (tertiary/aromatic N) is 6. The molecular formula is C24H28N8O2. The van der Waals surface area contributed by atoms with Gasteiger partial charge in [0.15, 0.2) is 11.5 Å². The maximum atomic E-state index is 12.8. The van der Waals surface area contributed by atoms with Gasteiger partial charge in [0.1, 0.15) is 17.1 Å². The number of phenols is 1. The molecule has 1 amide bonds. The number of piperazine rings is 1. The van der Waals surface area contributed by atoms with Crippen LogP contribution in [0.5, 0.6) is 5.75 Å². The number of hydrogen-bond acceptors (Lipinski definition) is 8. The smallest absolute Gasteiger partial charge is 0.272 e. The van der Waals surface area contributed by atoms with Crippen molar-refractivity contribution in [2.45, 2.75) is 32.9 Å². The number of hydrogen-bond donors (Lipinski definition) is 3. The lowest BCUT2D eigenvalue weighted by Crippen LogP contribution is -2.54. The van der Waals surface area contributed by atoms with E-state index in [-0.39, 0.29) is 23.2 Å². The summed E-state index contributed by atoms with van der Waals surface area (Å²) in [5, 5.41) is 22.4. The molecule has 1 fully saturated rings. The molecule has 0 bridgehead atoms. The SMILES string of the molecule is CNC(=O)c1nc(-c2cc3cn(C)nc3c(C)c2O)nc2ccc(N3C[C@H](C)N[C@@H](C)C3)nc12. The number of anilines is 1. The Bertz CT molecular complexity index is 1420. The van der Waals surface area contributed by atoms with Crippen LogP contribution in [0.1, 0.15) is 29.9 Å². The van der Waals surface area contributed by atoms with Crippen LogP contribution in [0.2, 0.25) is 0 Å². The number of aromatic hydroxyl groups is 1. The van der Waals surface area contributed by atoms with E-state index < -0.39 is 0 Å². The zero-order valence-corrected chi connectivity index (χ0v) is 19.9. The average molecular weight is 461 g/mol. The van der Waals surface area contributed by atoms with E-state index in [1.807, 2.05) is 25.4 Å². The van der Waals surface area contributed by atoms with Crippen LogP contribution < -0.4 is 15.5 Å². The third-order valence-corrected chi connectivity index (χ3v) is 6.21. The summed E-state index contributed by atoms with van der Waals surface area (Å²) in [4.78, 5) is 29.1. The lowest BCUT2D eigenvalue weighted by atomic mass is 10.0. The van der Waals surface area contributed by atoms with Gasteiger partial charge in [0.25, 0.3) is 5.91 Å². The first kappa shape index (κ1) is 22.0. The summed E-state index contributed by atoms with van der Waals surface area (Å²) in [6.07, 6.45) is 1.87. The molecule has 10 heteroatoms. The number of amides is 1. The minimum atomic E-state index is -0.362. The van der Waals surface area contributed by atoms with Gasteiger partial charge in [-0.05, 0) is 39.0 Å². The van der Waals surface area contributed by atoms with E-state index in [0.717, 1.165) is 24.3 Å². The fourth-order valence-electron chi connectivity index (χ4n) is 4.70. The molecule has 0 spiro atoms. The fourth-order valence-corrected chi connectivity index (χ4v) is 4.70. The van der Waals surface area contributed by atoms with E-state index in [0.29, 0.717) is 39.8 Å². The number of aromatic nitrogens is 5. The highest BCUT2D eigenvalue weighted by molar-refractivity contribution is 6.04. The van der Waals surface area contributed by atoms with Gasteiger partial charge in [-0.25, -0.2) is 15.0 Å². The van der Waals surface area contributed by atoms with Crippen molar-refractivity contribution in [1.29, 1.82) is 0 Å². The minimum Gasteiger partial charge on any atom is -0.507 e. The van der Waals surface area contributed by atoms with E-state index in [4.69, 9.17) is 4.98 Å². The van der Waals surface area contributed by atoms with Crippen molar-refractivity contribution in [2.24, 2.45) is 7.05 Å². The third-order valence-electron chi connectivity index (χ3n) is 6.21. The number of rotatable bonds is 3. The number of aryl methyl sites for hydroxylation is 2. The summed E-state index contributed by atoms with van der Waals surface area (Å²) < 4.78 is 1.70. The maximum Gasteiger partial charge on any atom is 0.272 e. The number of nitrogens with one attached hydrogen (secondary N) is 2. The Kier molecular flexibility index (Phi) is 5.32. The van der Waals surface area contributed by atoms with Crippen LogP contribution >= 0.6 is 0 Å². The van der Waals surface area contributed by atoms with Crippen molar-refractivity contribution in [1.82, 2.24) is 35.4 Å². The van der Waals surface area contributed by atoms with Crippen LogP contribution in [-0.4, -0.2) is 68.0 Å². The Morgan fingerprint density at radius 3 is 2.59 bits per heavy atom. The van der Waals surface area contributed by atoms with E-state index in [9.17, 15) is 9.90 Å². The third kappa shape index (κ3) is 3.69. The number of benzene rings is 1. The number of carbonyl (C=O) groups excluding carboxylic acids is 1. The summed E-state index contributed by atoms with van der Waals surface area (Å²) in [5.74, 6) is 0.724. The normalized spacial score (nSPS) is 18.6. The molecule has 0 radical (unpaired) electrons. The zero-order valence-electron chi connectivity index (χ0n) is 19.9. The Morgan fingerprint density at radius 1 is 1.15 bits per heavy atom. The van der Waals surface area contributed by atoms with E-state index >= 15 is 0 Å².